The Hall–Kier alpha value is -1.22. The number of ether oxygens (including phenoxy) is 1. The monoisotopic (exact) mass is 249 g/mol. The third kappa shape index (κ3) is 2.61. The summed E-state index contributed by atoms with van der Waals surface area (Å²) in [6.07, 6.45) is 0.799. The minimum absolute atomic E-state index is 0.518. The van der Waals surface area contributed by atoms with Crippen molar-refractivity contribution in [2.75, 3.05) is 25.6 Å². The van der Waals surface area contributed by atoms with E-state index < -0.39 is 6.10 Å². The fourth-order valence-corrected chi connectivity index (χ4v) is 2.57. The minimum Gasteiger partial charge on any atom is -0.496 e. The van der Waals surface area contributed by atoms with Crippen LogP contribution in [0.2, 0.25) is 0 Å². The first-order valence-corrected chi connectivity index (χ1v) is 6.60. The van der Waals surface area contributed by atoms with Gasteiger partial charge in [0.05, 0.1) is 13.2 Å². The molecule has 18 heavy (non-hydrogen) atoms. The second-order valence-corrected chi connectivity index (χ2v) is 5.42. The largest absolute Gasteiger partial charge is 0.496 e. The van der Waals surface area contributed by atoms with Gasteiger partial charge in [0, 0.05) is 24.8 Å². The highest BCUT2D eigenvalue weighted by Crippen LogP contribution is 2.40. The van der Waals surface area contributed by atoms with Gasteiger partial charge in [-0.25, -0.2) is 0 Å². The Kier molecular flexibility index (Phi) is 3.81. The maximum absolute atomic E-state index is 9.96. The molecule has 0 spiro atoms. The van der Waals surface area contributed by atoms with Crippen molar-refractivity contribution in [1.82, 2.24) is 0 Å². The average Bonchev–Trinajstić information content (AvgIpc) is 3.03. The van der Waals surface area contributed by atoms with Gasteiger partial charge < -0.3 is 14.7 Å². The van der Waals surface area contributed by atoms with Crippen LogP contribution < -0.4 is 9.64 Å². The molecular formula is C15H23NO2. The SMILES string of the molecule is COc1cccc(N(C)CC2CC2C)c1[C@@H](C)O. The molecule has 3 heteroatoms. The summed E-state index contributed by atoms with van der Waals surface area (Å²) < 4.78 is 5.35. The van der Waals surface area contributed by atoms with Gasteiger partial charge in [-0.05, 0) is 37.3 Å². The fraction of sp³-hybridized carbons (Fsp3) is 0.600. The third-order valence-corrected chi connectivity index (χ3v) is 3.88. The zero-order valence-electron chi connectivity index (χ0n) is 11.7. The number of rotatable bonds is 5. The van der Waals surface area contributed by atoms with Crippen molar-refractivity contribution in [2.45, 2.75) is 26.4 Å². The van der Waals surface area contributed by atoms with Gasteiger partial charge in [0.1, 0.15) is 5.75 Å². The van der Waals surface area contributed by atoms with Crippen molar-refractivity contribution >= 4 is 5.69 Å². The molecule has 2 unspecified atom stereocenters. The second-order valence-electron chi connectivity index (χ2n) is 5.42. The molecule has 100 valence electrons. The zero-order valence-corrected chi connectivity index (χ0v) is 11.7. The lowest BCUT2D eigenvalue weighted by molar-refractivity contribution is 0.194. The number of hydrogen-bond donors (Lipinski definition) is 1. The summed E-state index contributed by atoms with van der Waals surface area (Å²) in [6, 6.07) is 5.93. The van der Waals surface area contributed by atoms with Crippen LogP contribution in [0.5, 0.6) is 5.75 Å². The number of hydrogen-bond acceptors (Lipinski definition) is 3. The summed E-state index contributed by atoms with van der Waals surface area (Å²) in [6.45, 7) is 5.13. The summed E-state index contributed by atoms with van der Waals surface area (Å²) in [5.41, 5.74) is 1.96. The molecule has 2 rings (SSSR count). The van der Waals surface area contributed by atoms with E-state index in [1.165, 1.54) is 6.42 Å². The highest BCUT2D eigenvalue weighted by atomic mass is 16.5. The molecule has 1 saturated carbocycles. The van der Waals surface area contributed by atoms with Gasteiger partial charge >= 0.3 is 0 Å². The van der Waals surface area contributed by atoms with Crippen molar-refractivity contribution in [3.8, 4) is 5.75 Å². The zero-order chi connectivity index (χ0) is 13.3. The van der Waals surface area contributed by atoms with E-state index in [4.69, 9.17) is 4.74 Å². The van der Waals surface area contributed by atoms with Crippen molar-refractivity contribution in [3.05, 3.63) is 23.8 Å². The molecule has 1 aliphatic carbocycles. The maximum Gasteiger partial charge on any atom is 0.126 e. The molecule has 3 nitrogen and oxygen atoms in total. The Balaban J connectivity index is 2.25. The first-order chi connectivity index (χ1) is 8.54. The Morgan fingerprint density at radius 1 is 1.50 bits per heavy atom. The third-order valence-electron chi connectivity index (χ3n) is 3.88. The first-order valence-electron chi connectivity index (χ1n) is 6.60. The van der Waals surface area contributed by atoms with Crippen molar-refractivity contribution in [3.63, 3.8) is 0 Å². The van der Waals surface area contributed by atoms with Crippen LogP contribution in [0, 0.1) is 11.8 Å². The first kappa shape index (κ1) is 13.2. The van der Waals surface area contributed by atoms with E-state index in [1.54, 1.807) is 14.0 Å². The van der Waals surface area contributed by atoms with Crippen molar-refractivity contribution < 1.29 is 9.84 Å². The summed E-state index contributed by atoms with van der Waals surface area (Å²) in [7, 11) is 3.74. The smallest absolute Gasteiger partial charge is 0.126 e. The quantitative estimate of drug-likeness (QED) is 0.871. The van der Waals surface area contributed by atoms with E-state index in [1.807, 2.05) is 12.1 Å². The van der Waals surface area contributed by atoms with Gasteiger partial charge in [0.15, 0.2) is 0 Å². The normalized spacial score (nSPS) is 23.6. The van der Waals surface area contributed by atoms with Crippen LogP contribution in [0.25, 0.3) is 0 Å². The van der Waals surface area contributed by atoms with E-state index >= 15 is 0 Å². The second kappa shape index (κ2) is 5.19. The molecule has 1 aromatic rings. The molecule has 0 radical (unpaired) electrons. The number of aliphatic hydroxyl groups excluding tert-OH is 1. The summed E-state index contributed by atoms with van der Waals surface area (Å²) >= 11 is 0. The van der Waals surface area contributed by atoms with Crippen LogP contribution in [0.4, 0.5) is 5.69 Å². The lowest BCUT2D eigenvalue weighted by atomic mass is 10.1. The molecule has 0 aromatic heterocycles. The predicted molar refractivity (Wildman–Crippen MR) is 74.2 cm³/mol. The van der Waals surface area contributed by atoms with Crippen LogP contribution in [0.1, 0.15) is 31.9 Å². The van der Waals surface area contributed by atoms with Crippen molar-refractivity contribution in [1.29, 1.82) is 0 Å². The van der Waals surface area contributed by atoms with Crippen LogP contribution in [-0.2, 0) is 0 Å². The van der Waals surface area contributed by atoms with E-state index in [9.17, 15) is 5.11 Å². The van der Waals surface area contributed by atoms with Crippen LogP contribution in [0.15, 0.2) is 18.2 Å². The molecule has 0 amide bonds. The lowest BCUT2D eigenvalue weighted by Gasteiger charge is -2.25. The van der Waals surface area contributed by atoms with E-state index in [0.717, 1.165) is 35.4 Å². The summed E-state index contributed by atoms with van der Waals surface area (Å²) in [5.74, 6) is 2.40. The molecule has 3 atom stereocenters. The fourth-order valence-electron chi connectivity index (χ4n) is 2.57. The van der Waals surface area contributed by atoms with Gasteiger partial charge in [-0.15, -0.1) is 0 Å². The number of aliphatic hydroxyl groups is 1. The van der Waals surface area contributed by atoms with Gasteiger partial charge in [0.25, 0.3) is 0 Å². The number of methoxy groups -OCH3 is 1. The lowest BCUT2D eigenvalue weighted by Crippen LogP contribution is -2.22. The Bertz CT molecular complexity index is 417. The molecule has 1 N–H and O–H groups in total. The average molecular weight is 249 g/mol. The summed E-state index contributed by atoms with van der Waals surface area (Å²) in [5, 5.41) is 9.96. The molecule has 0 saturated heterocycles. The molecule has 0 aliphatic heterocycles. The van der Waals surface area contributed by atoms with Crippen LogP contribution >= 0.6 is 0 Å². The number of benzene rings is 1. The van der Waals surface area contributed by atoms with E-state index in [0.29, 0.717) is 0 Å². The molecule has 1 fully saturated rings. The number of anilines is 1. The predicted octanol–water partition coefficient (Wildman–Crippen LogP) is 2.84. The molecule has 0 heterocycles. The highest BCUT2D eigenvalue weighted by Gasteiger charge is 2.33. The molecule has 0 bridgehead atoms. The van der Waals surface area contributed by atoms with E-state index in [2.05, 4.69) is 24.9 Å². The van der Waals surface area contributed by atoms with Gasteiger partial charge in [-0.2, -0.15) is 0 Å². The minimum atomic E-state index is -0.518. The Morgan fingerprint density at radius 3 is 2.67 bits per heavy atom. The highest BCUT2D eigenvalue weighted by molar-refractivity contribution is 5.60. The Labute approximate surface area is 109 Å². The molecule has 1 aliphatic rings. The summed E-state index contributed by atoms with van der Waals surface area (Å²) in [4.78, 5) is 2.23. The number of nitrogens with zero attached hydrogens (tertiary/aromatic N) is 1. The molecule has 1 aromatic carbocycles. The Morgan fingerprint density at radius 2 is 2.17 bits per heavy atom. The van der Waals surface area contributed by atoms with Crippen LogP contribution in [-0.4, -0.2) is 25.8 Å². The van der Waals surface area contributed by atoms with Crippen molar-refractivity contribution in [2.24, 2.45) is 11.8 Å². The topological polar surface area (TPSA) is 32.7 Å². The van der Waals surface area contributed by atoms with Gasteiger partial charge in [-0.3, -0.25) is 0 Å². The molecular weight excluding hydrogens is 226 g/mol. The van der Waals surface area contributed by atoms with Gasteiger partial charge in [0.2, 0.25) is 0 Å². The van der Waals surface area contributed by atoms with Crippen LogP contribution in [0.3, 0.4) is 0 Å². The van der Waals surface area contributed by atoms with E-state index in [-0.39, 0.29) is 0 Å². The van der Waals surface area contributed by atoms with Gasteiger partial charge in [-0.1, -0.05) is 13.0 Å². The standard InChI is InChI=1S/C15H23NO2/c1-10-8-12(10)9-16(3)13-6-5-7-14(18-4)15(13)11(2)17/h5-7,10-12,17H,8-9H2,1-4H3/t10?,11-,12?/m1/s1. The maximum atomic E-state index is 9.96.